The van der Waals surface area contributed by atoms with Crippen LogP contribution in [0.4, 0.5) is 5.69 Å². The number of aromatic nitrogens is 3. The molecule has 0 aliphatic rings. The topological polar surface area (TPSA) is 57.7 Å². The first-order chi connectivity index (χ1) is 11.3. The van der Waals surface area contributed by atoms with Crippen molar-refractivity contribution in [2.75, 3.05) is 11.6 Å². The van der Waals surface area contributed by atoms with Crippen molar-refractivity contribution in [1.82, 2.24) is 14.9 Å². The SMILES string of the molecule is Bc1ccc(CCN(c2ccc(C#N)cc2)n2cnnc2)cc1. The number of rotatable bonds is 5. The van der Waals surface area contributed by atoms with Crippen molar-refractivity contribution in [3.05, 3.63) is 72.3 Å². The second-order valence-electron chi connectivity index (χ2n) is 5.36. The van der Waals surface area contributed by atoms with E-state index in [1.165, 1.54) is 11.0 Å². The van der Waals surface area contributed by atoms with Gasteiger partial charge >= 0.3 is 0 Å². The maximum atomic E-state index is 8.94. The number of nitrogens with zero attached hydrogens (tertiary/aromatic N) is 5. The van der Waals surface area contributed by atoms with Crippen LogP contribution in [-0.4, -0.2) is 29.3 Å². The van der Waals surface area contributed by atoms with Gasteiger partial charge in [-0.2, -0.15) is 5.26 Å². The van der Waals surface area contributed by atoms with E-state index >= 15 is 0 Å². The van der Waals surface area contributed by atoms with Gasteiger partial charge in [-0.05, 0) is 36.2 Å². The number of anilines is 1. The molecule has 0 N–H and O–H groups in total. The molecular weight excluding hydrogens is 285 g/mol. The first-order valence-corrected chi connectivity index (χ1v) is 7.44. The van der Waals surface area contributed by atoms with Crippen LogP contribution in [0, 0.1) is 11.3 Å². The Hall–Kier alpha value is -3.07. The third-order valence-corrected chi connectivity index (χ3v) is 3.71. The van der Waals surface area contributed by atoms with Crippen LogP contribution in [0.5, 0.6) is 0 Å². The second-order valence-corrected chi connectivity index (χ2v) is 5.36. The molecular formula is C17H16BN5. The Kier molecular flexibility index (Phi) is 4.39. The molecule has 1 aromatic heterocycles. The molecule has 0 saturated carbocycles. The fourth-order valence-corrected chi connectivity index (χ4v) is 2.40. The molecule has 0 fully saturated rings. The molecule has 23 heavy (non-hydrogen) atoms. The van der Waals surface area contributed by atoms with E-state index in [0.29, 0.717) is 5.56 Å². The molecule has 5 nitrogen and oxygen atoms in total. The van der Waals surface area contributed by atoms with Crippen LogP contribution >= 0.6 is 0 Å². The molecule has 2 aromatic carbocycles. The molecule has 6 heteroatoms. The molecule has 112 valence electrons. The van der Waals surface area contributed by atoms with E-state index in [1.807, 2.05) is 28.9 Å². The average Bonchev–Trinajstić information content (AvgIpc) is 3.12. The third-order valence-electron chi connectivity index (χ3n) is 3.71. The Bertz CT molecular complexity index is 789. The highest BCUT2D eigenvalue weighted by Crippen LogP contribution is 2.16. The second kappa shape index (κ2) is 6.80. The summed E-state index contributed by atoms with van der Waals surface area (Å²) < 4.78 is 1.86. The van der Waals surface area contributed by atoms with E-state index in [4.69, 9.17) is 5.26 Å². The third kappa shape index (κ3) is 3.58. The predicted octanol–water partition coefficient (Wildman–Crippen LogP) is 0.921. The highest BCUT2D eigenvalue weighted by atomic mass is 15.6. The molecule has 0 saturated heterocycles. The molecule has 0 aliphatic carbocycles. The Morgan fingerprint density at radius 1 is 1.00 bits per heavy atom. The van der Waals surface area contributed by atoms with Crippen LogP contribution < -0.4 is 10.5 Å². The van der Waals surface area contributed by atoms with Gasteiger partial charge in [-0.1, -0.05) is 29.7 Å². The zero-order valence-corrected chi connectivity index (χ0v) is 12.9. The molecule has 0 spiro atoms. The molecule has 0 aliphatic heterocycles. The zero-order chi connectivity index (χ0) is 16.1. The average molecular weight is 301 g/mol. The minimum absolute atomic E-state index is 0.649. The van der Waals surface area contributed by atoms with Crippen LogP contribution in [0.25, 0.3) is 0 Å². The van der Waals surface area contributed by atoms with Crippen molar-refractivity contribution in [3.63, 3.8) is 0 Å². The van der Waals surface area contributed by atoms with Gasteiger partial charge in [0.15, 0.2) is 0 Å². The Morgan fingerprint density at radius 2 is 1.65 bits per heavy atom. The molecule has 3 rings (SSSR count). The van der Waals surface area contributed by atoms with Crippen molar-refractivity contribution >= 4 is 19.0 Å². The summed E-state index contributed by atoms with van der Waals surface area (Å²) in [7, 11) is 2.09. The van der Waals surface area contributed by atoms with Gasteiger partial charge < -0.3 is 0 Å². The van der Waals surface area contributed by atoms with Crippen molar-refractivity contribution in [2.45, 2.75) is 6.42 Å². The van der Waals surface area contributed by atoms with Gasteiger partial charge in [-0.15, -0.1) is 10.2 Å². The smallest absolute Gasteiger partial charge is 0.139 e. The van der Waals surface area contributed by atoms with E-state index in [2.05, 4.69) is 53.4 Å². The van der Waals surface area contributed by atoms with E-state index in [9.17, 15) is 0 Å². The number of nitriles is 1. The molecule has 0 radical (unpaired) electrons. The van der Waals surface area contributed by atoms with Gasteiger partial charge in [0.1, 0.15) is 20.5 Å². The van der Waals surface area contributed by atoms with Crippen molar-refractivity contribution < 1.29 is 0 Å². The van der Waals surface area contributed by atoms with E-state index in [1.54, 1.807) is 12.7 Å². The van der Waals surface area contributed by atoms with Crippen LogP contribution in [0.2, 0.25) is 0 Å². The van der Waals surface area contributed by atoms with Gasteiger partial charge in [0.2, 0.25) is 0 Å². The summed E-state index contributed by atoms with van der Waals surface area (Å²) in [6, 6.07) is 18.2. The van der Waals surface area contributed by atoms with Crippen molar-refractivity contribution in [3.8, 4) is 6.07 Å². The Balaban J connectivity index is 1.81. The Labute approximate surface area is 136 Å². The molecule has 1 heterocycles. The van der Waals surface area contributed by atoms with E-state index in [-0.39, 0.29) is 0 Å². The highest BCUT2D eigenvalue weighted by molar-refractivity contribution is 6.32. The lowest BCUT2D eigenvalue weighted by atomic mass is 9.95. The molecule has 0 atom stereocenters. The lowest BCUT2D eigenvalue weighted by Crippen LogP contribution is -2.30. The summed E-state index contributed by atoms with van der Waals surface area (Å²) in [6.07, 6.45) is 4.25. The summed E-state index contributed by atoms with van der Waals surface area (Å²) in [5, 5.41) is 18.8. The van der Waals surface area contributed by atoms with Gasteiger partial charge in [0.05, 0.1) is 17.3 Å². The lowest BCUT2D eigenvalue weighted by Gasteiger charge is -2.25. The molecule has 0 bridgehead atoms. The summed E-state index contributed by atoms with van der Waals surface area (Å²) >= 11 is 0. The maximum Gasteiger partial charge on any atom is 0.139 e. The first kappa shape index (κ1) is 14.9. The molecule has 0 unspecified atom stereocenters. The van der Waals surface area contributed by atoms with Crippen molar-refractivity contribution in [1.29, 1.82) is 5.26 Å². The number of hydrogen-bond donors (Lipinski definition) is 0. The fraction of sp³-hybridized carbons (Fsp3) is 0.118. The van der Waals surface area contributed by atoms with Gasteiger partial charge in [-0.25, -0.2) is 4.68 Å². The van der Waals surface area contributed by atoms with Gasteiger partial charge in [-0.3, -0.25) is 5.01 Å². The highest BCUT2D eigenvalue weighted by Gasteiger charge is 2.09. The normalized spacial score (nSPS) is 10.2. The van der Waals surface area contributed by atoms with Crippen LogP contribution in [0.3, 0.4) is 0 Å². The number of hydrogen-bond acceptors (Lipinski definition) is 4. The van der Waals surface area contributed by atoms with Crippen LogP contribution in [0.15, 0.2) is 61.2 Å². The largest absolute Gasteiger partial charge is 0.279 e. The maximum absolute atomic E-state index is 8.94. The van der Waals surface area contributed by atoms with Gasteiger partial charge in [0, 0.05) is 6.54 Å². The van der Waals surface area contributed by atoms with Crippen molar-refractivity contribution in [2.24, 2.45) is 0 Å². The molecule has 0 amide bonds. The summed E-state index contributed by atoms with van der Waals surface area (Å²) in [4.78, 5) is 0. The van der Waals surface area contributed by atoms with Crippen LogP contribution in [-0.2, 0) is 6.42 Å². The predicted molar refractivity (Wildman–Crippen MR) is 92.2 cm³/mol. The summed E-state index contributed by atoms with van der Waals surface area (Å²) in [6.45, 7) is 0.785. The summed E-state index contributed by atoms with van der Waals surface area (Å²) in [5.41, 5.74) is 4.19. The van der Waals surface area contributed by atoms with Crippen LogP contribution in [0.1, 0.15) is 11.1 Å². The summed E-state index contributed by atoms with van der Waals surface area (Å²) in [5.74, 6) is 0. The minimum atomic E-state index is 0.649. The standard InChI is InChI=1S/C17H16BN5/c18-16-5-1-14(2-6-16)9-10-23(22-12-20-21-13-22)17-7-3-15(11-19)4-8-17/h1-8,12-13H,9-10,18H2. The fourth-order valence-electron chi connectivity index (χ4n) is 2.40. The van der Waals surface area contributed by atoms with E-state index < -0.39 is 0 Å². The zero-order valence-electron chi connectivity index (χ0n) is 12.9. The Morgan fingerprint density at radius 3 is 2.26 bits per heavy atom. The first-order valence-electron chi connectivity index (χ1n) is 7.44. The van der Waals surface area contributed by atoms with Gasteiger partial charge in [0.25, 0.3) is 0 Å². The van der Waals surface area contributed by atoms with E-state index in [0.717, 1.165) is 18.7 Å². The molecule has 3 aromatic rings. The monoisotopic (exact) mass is 301 g/mol. The quantitative estimate of drug-likeness (QED) is 0.658. The lowest BCUT2D eigenvalue weighted by molar-refractivity contribution is 0.681. The number of benzene rings is 2. The minimum Gasteiger partial charge on any atom is -0.279 e.